The maximum Gasteiger partial charge on any atom is 0.321 e. The zero-order chi connectivity index (χ0) is 12.3. The molecule has 0 aliphatic rings. The van der Waals surface area contributed by atoms with E-state index in [9.17, 15) is 9.00 Å². The van der Waals surface area contributed by atoms with Crippen molar-refractivity contribution in [2.45, 2.75) is 31.3 Å². The van der Waals surface area contributed by atoms with Crippen LogP contribution in [0.25, 0.3) is 0 Å². The Hall–Kier alpha value is -1.23. The summed E-state index contributed by atoms with van der Waals surface area (Å²) < 4.78 is 10.7. The first-order valence-corrected chi connectivity index (χ1v) is 6.20. The van der Waals surface area contributed by atoms with E-state index < -0.39 is 21.5 Å². The summed E-state index contributed by atoms with van der Waals surface area (Å²) in [7, 11) is -1.48. The molecule has 0 fully saturated rings. The van der Waals surface area contributed by atoms with Crippen LogP contribution in [0.1, 0.15) is 25.1 Å². The molecule has 0 aliphatic carbocycles. The Balaban J connectivity index is 2.88. The number of hydrogen-bond donors (Lipinski definition) is 1. The van der Waals surface area contributed by atoms with Crippen LogP contribution < -0.4 is 0 Å². The standard InChI is InChI=1S/C11H15NO3S/c1-8-5-4-6-12-9(8)7-16(15)11(2,3)10(13)14/h4-6H,7H2,1-3H3,(H,13,14). The summed E-state index contributed by atoms with van der Waals surface area (Å²) in [6.45, 7) is 4.79. The Kier molecular flexibility index (Phi) is 3.80. The minimum atomic E-state index is -1.48. The van der Waals surface area contributed by atoms with E-state index in [4.69, 9.17) is 5.11 Å². The summed E-state index contributed by atoms with van der Waals surface area (Å²) in [4.78, 5) is 15.0. The Bertz CT molecular complexity index is 429. The number of aliphatic carboxylic acids is 1. The molecule has 0 aliphatic heterocycles. The molecular weight excluding hydrogens is 226 g/mol. The molecule has 1 aromatic rings. The molecule has 1 N–H and O–H groups in total. The Labute approximate surface area is 97.2 Å². The van der Waals surface area contributed by atoms with Gasteiger partial charge in [-0.05, 0) is 32.4 Å². The maximum absolute atomic E-state index is 11.9. The van der Waals surface area contributed by atoms with Crippen molar-refractivity contribution >= 4 is 16.8 Å². The molecule has 0 saturated heterocycles. The molecule has 0 bridgehead atoms. The highest BCUT2D eigenvalue weighted by Crippen LogP contribution is 2.18. The normalized spacial score (nSPS) is 13.4. The quantitative estimate of drug-likeness (QED) is 0.867. The molecule has 1 unspecified atom stereocenters. The molecule has 4 nitrogen and oxygen atoms in total. The van der Waals surface area contributed by atoms with E-state index in [2.05, 4.69) is 4.98 Å². The minimum absolute atomic E-state index is 0.173. The van der Waals surface area contributed by atoms with Crippen molar-refractivity contribution in [2.24, 2.45) is 0 Å². The second kappa shape index (κ2) is 4.74. The summed E-state index contributed by atoms with van der Waals surface area (Å²) in [5.74, 6) is -0.884. The van der Waals surface area contributed by atoms with Gasteiger partial charge in [0.1, 0.15) is 4.75 Å². The average molecular weight is 241 g/mol. The van der Waals surface area contributed by atoms with Crippen LogP contribution >= 0.6 is 0 Å². The number of aryl methyl sites for hydroxylation is 1. The summed E-state index contributed by atoms with van der Waals surface area (Å²) >= 11 is 0. The predicted molar refractivity (Wildman–Crippen MR) is 62.5 cm³/mol. The van der Waals surface area contributed by atoms with Gasteiger partial charge in [-0.25, -0.2) is 0 Å². The second-order valence-corrected chi connectivity index (χ2v) is 6.07. The molecule has 1 rings (SSSR count). The summed E-state index contributed by atoms with van der Waals surface area (Å²) in [5, 5.41) is 8.95. The van der Waals surface area contributed by atoms with E-state index in [-0.39, 0.29) is 5.75 Å². The van der Waals surface area contributed by atoms with Crippen molar-refractivity contribution in [3.63, 3.8) is 0 Å². The van der Waals surface area contributed by atoms with Crippen molar-refractivity contribution < 1.29 is 14.1 Å². The third-order valence-corrected chi connectivity index (χ3v) is 4.32. The molecule has 0 saturated carbocycles. The number of hydrogen-bond acceptors (Lipinski definition) is 3. The van der Waals surface area contributed by atoms with Gasteiger partial charge in [0.2, 0.25) is 0 Å². The second-order valence-electron chi connectivity index (χ2n) is 4.07. The number of carbonyl (C=O) groups is 1. The Morgan fingerprint density at radius 3 is 2.69 bits per heavy atom. The lowest BCUT2D eigenvalue weighted by Gasteiger charge is -2.18. The maximum atomic E-state index is 11.9. The first kappa shape index (κ1) is 12.8. The average Bonchev–Trinajstić information content (AvgIpc) is 2.21. The van der Waals surface area contributed by atoms with Crippen LogP contribution in [-0.2, 0) is 21.3 Å². The van der Waals surface area contributed by atoms with Gasteiger partial charge in [0.05, 0.1) is 11.4 Å². The summed E-state index contributed by atoms with van der Waals surface area (Å²) in [6.07, 6.45) is 1.62. The lowest BCUT2D eigenvalue weighted by atomic mass is 10.2. The van der Waals surface area contributed by atoms with Crippen LogP contribution in [0.5, 0.6) is 0 Å². The first-order chi connectivity index (χ1) is 7.35. The van der Waals surface area contributed by atoms with Crippen LogP contribution in [0.15, 0.2) is 18.3 Å². The fraction of sp³-hybridized carbons (Fsp3) is 0.455. The predicted octanol–water partition coefficient (Wildman–Crippen LogP) is 1.50. The van der Waals surface area contributed by atoms with Crippen LogP contribution in [-0.4, -0.2) is 25.0 Å². The van der Waals surface area contributed by atoms with Crippen LogP contribution in [0.3, 0.4) is 0 Å². The molecule has 16 heavy (non-hydrogen) atoms. The number of carboxylic acid groups (broad SMARTS) is 1. The van der Waals surface area contributed by atoms with E-state index in [1.54, 1.807) is 12.3 Å². The molecule has 0 radical (unpaired) electrons. The van der Waals surface area contributed by atoms with Gasteiger partial charge in [-0.3, -0.25) is 14.0 Å². The van der Waals surface area contributed by atoms with Gasteiger partial charge in [0.15, 0.2) is 0 Å². The molecule has 0 aromatic carbocycles. The minimum Gasteiger partial charge on any atom is -0.480 e. The number of rotatable bonds is 4. The van der Waals surface area contributed by atoms with Crippen molar-refractivity contribution in [2.75, 3.05) is 0 Å². The number of carboxylic acids is 1. The third kappa shape index (κ3) is 2.66. The van der Waals surface area contributed by atoms with Crippen LogP contribution in [0, 0.1) is 6.92 Å². The highest BCUT2D eigenvalue weighted by Gasteiger charge is 2.34. The molecule has 88 valence electrons. The summed E-state index contributed by atoms with van der Waals surface area (Å²) in [5.41, 5.74) is 1.62. The van der Waals surface area contributed by atoms with Gasteiger partial charge in [0.25, 0.3) is 0 Å². The molecule has 1 aromatic heterocycles. The smallest absolute Gasteiger partial charge is 0.321 e. The lowest BCUT2D eigenvalue weighted by molar-refractivity contribution is -0.139. The van der Waals surface area contributed by atoms with Crippen molar-refractivity contribution in [1.29, 1.82) is 0 Å². The van der Waals surface area contributed by atoms with Crippen molar-refractivity contribution in [1.82, 2.24) is 4.98 Å². The molecular formula is C11H15NO3S. The fourth-order valence-electron chi connectivity index (χ4n) is 1.07. The molecule has 1 heterocycles. The SMILES string of the molecule is Cc1cccnc1CS(=O)C(C)(C)C(=O)O. The van der Waals surface area contributed by atoms with Crippen LogP contribution in [0.4, 0.5) is 0 Å². The zero-order valence-corrected chi connectivity index (χ0v) is 10.4. The Morgan fingerprint density at radius 1 is 1.56 bits per heavy atom. The number of aromatic nitrogens is 1. The van der Waals surface area contributed by atoms with E-state index in [0.29, 0.717) is 5.69 Å². The molecule has 0 amide bonds. The van der Waals surface area contributed by atoms with Gasteiger partial charge in [0, 0.05) is 17.0 Å². The van der Waals surface area contributed by atoms with Gasteiger partial charge in [-0.15, -0.1) is 0 Å². The zero-order valence-electron chi connectivity index (χ0n) is 9.56. The summed E-state index contributed by atoms with van der Waals surface area (Å²) in [6, 6.07) is 3.66. The number of pyridine rings is 1. The molecule has 5 heteroatoms. The largest absolute Gasteiger partial charge is 0.480 e. The molecule has 1 atom stereocenters. The van der Waals surface area contributed by atoms with E-state index in [1.807, 2.05) is 13.0 Å². The highest BCUT2D eigenvalue weighted by molar-refractivity contribution is 7.86. The van der Waals surface area contributed by atoms with E-state index in [0.717, 1.165) is 5.56 Å². The van der Waals surface area contributed by atoms with Crippen molar-refractivity contribution in [3.05, 3.63) is 29.6 Å². The lowest BCUT2D eigenvalue weighted by Crippen LogP contribution is -2.37. The van der Waals surface area contributed by atoms with E-state index in [1.165, 1.54) is 13.8 Å². The third-order valence-electron chi connectivity index (χ3n) is 2.47. The Morgan fingerprint density at radius 2 is 2.19 bits per heavy atom. The van der Waals surface area contributed by atoms with Gasteiger partial charge in [-0.1, -0.05) is 6.07 Å². The van der Waals surface area contributed by atoms with Crippen LogP contribution in [0.2, 0.25) is 0 Å². The monoisotopic (exact) mass is 241 g/mol. The van der Waals surface area contributed by atoms with E-state index >= 15 is 0 Å². The first-order valence-electron chi connectivity index (χ1n) is 4.88. The highest BCUT2D eigenvalue weighted by atomic mass is 32.2. The van der Waals surface area contributed by atoms with Gasteiger partial charge < -0.3 is 5.11 Å². The number of nitrogens with zero attached hydrogens (tertiary/aromatic N) is 1. The van der Waals surface area contributed by atoms with Gasteiger partial charge in [-0.2, -0.15) is 0 Å². The fourth-order valence-corrected chi connectivity index (χ4v) is 2.18. The molecule has 0 spiro atoms. The van der Waals surface area contributed by atoms with Gasteiger partial charge >= 0.3 is 5.97 Å². The topological polar surface area (TPSA) is 67.3 Å². The van der Waals surface area contributed by atoms with Crippen molar-refractivity contribution in [3.8, 4) is 0 Å².